The molecule has 0 heterocycles. The van der Waals surface area contributed by atoms with Gasteiger partial charge in [0.15, 0.2) is 0 Å². The van der Waals surface area contributed by atoms with Crippen molar-refractivity contribution in [2.75, 3.05) is 0 Å². The Labute approximate surface area is 116 Å². The summed E-state index contributed by atoms with van der Waals surface area (Å²) >= 11 is 0. The third kappa shape index (κ3) is 6.23. The second-order valence-corrected chi connectivity index (χ2v) is 4.15. The molecule has 0 bridgehead atoms. The topological polar surface area (TPSA) is 0 Å². The maximum atomic E-state index is 3.83. The number of rotatable bonds is 3. The van der Waals surface area contributed by atoms with Crippen molar-refractivity contribution < 1.29 is 0 Å². The molecule has 2 aromatic carbocycles. The molecule has 0 aliphatic carbocycles. The van der Waals surface area contributed by atoms with Gasteiger partial charge in [-0.15, -0.1) is 0 Å². The molecular weight excluding hydrogens is 228 g/mol. The van der Waals surface area contributed by atoms with E-state index < -0.39 is 0 Å². The second kappa shape index (κ2) is 8.71. The van der Waals surface area contributed by atoms with Gasteiger partial charge in [-0.25, -0.2) is 0 Å². The van der Waals surface area contributed by atoms with E-state index in [2.05, 4.69) is 37.4 Å². The molecular formula is C19H20. The van der Waals surface area contributed by atoms with Crippen LogP contribution < -0.4 is 0 Å². The number of hydrogen-bond donors (Lipinski definition) is 0. The molecule has 96 valence electrons. The summed E-state index contributed by atoms with van der Waals surface area (Å²) in [6.07, 6.45) is 5.72. The Morgan fingerprint density at radius 1 is 0.895 bits per heavy atom. The van der Waals surface area contributed by atoms with Gasteiger partial charge in [-0.2, -0.15) is 0 Å². The molecule has 2 aromatic rings. The smallest absolute Gasteiger partial charge is 0.0233 e. The van der Waals surface area contributed by atoms with Crippen molar-refractivity contribution in [2.45, 2.75) is 6.92 Å². The fraction of sp³-hybridized carbons (Fsp3) is 0.0526. The molecule has 0 amide bonds. The van der Waals surface area contributed by atoms with Crippen LogP contribution in [0.5, 0.6) is 0 Å². The van der Waals surface area contributed by atoms with Gasteiger partial charge < -0.3 is 0 Å². The summed E-state index contributed by atoms with van der Waals surface area (Å²) in [5, 5.41) is 0. The van der Waals surface area contributed by atoms with Crippen LogP contribution in [0.15, 0.2) is 86.0 Å². The van der Waals surface area contributed by atoms with Crippen LogP contribution in [0.3, 0.4) is 0 Å². The Kier molecular flexibility index (Phi) is 6.75. The molecule has 0 aromatic heterocycles. The minimum absolute atomic E-state index is 1.12. The van der Waals surface area contributed by atoms with Crippen LogP contribution >= 0.6 is 0 Å². The summed E-state index contributed by atoms with van der Waals surface area (Å²) in [4.78, 5) is 0. The highest BCUT2D eigenvalue weighted by atomic mass is 13.9. The lowest BCUT2D eigenvalue weighted by molar-refractivity contribution is 1.58. The highest BCUT2D eigenvalue weighted by Crippen LogP contribution is 2.08. The van der Waals surface area contributed by atoms with Crippen molar-refractivity contribution in [2.24, 2.45) is 0 Å². The molecule has 0 nitrogen and oxygen atoms in total. The number of allylic oxidation sites excluding steroid dienone is 3. The summed E-state index contributed by atoms with van der Waals surface area (Å²) in [6.45, 7) is 9.42. The van der Waals surface area contributed by atoms with Gasteiger partial charge in [0.25, 0.3) is 0 Å². The van der Waals surface area contributed by atoms with Crippen LogP contribution in [-0.2, 0) is 0 Å². The Morgan fingerprint density at radius 3 is 1.84 bits per heavy atom. The van der Waals surface area contributed by atoms with Gasteiger partial charge in [0.1, 0.15) is 0 Å². The molecule has 0 aliphatic rings. The highest BCUT2D eigenvalue weighted by Gasteiger charge is 1.86. The third-order valence-corrected chi connectivity index (χ3v) is 2.49. The average Bonchev–Trinajstić information content (AvgIpc) is 2.48. The van der Waals surface area contributed by atoms with Crippen molar-refractivity contribution in [3.05, 3.63) is 97.1 Å². The molecule has 0 saturated carbocycles. The first kappa shape index (κ1) is 14.7. The molecule has 0 heteroatoms. The molecule has 0 fully saturated rings. The van der Waals surface area contributed by atoms with Gasteiger partial charge in [-0.3, -0.25) is 0 Å². The van der Waals surface area contributed by atoms with E-state index in [1.165, 1.54) is 11.1 Å². The van der Waals surface area contributed by atoms with E-state index in [-0.39, 0.29) is 0 Å². The van der Waals surface area contributed by atoms with Crippen molar-refractivity contribution in [3.8, 4) is 0 Å². The Bertz CT molecular complexity index is 518. The molecule has 2 rings (SSSR count). The van der Waals surface area contributed by atoms with Gasteiger partial charge in [-0.1, -0.05) is 97.6 Å². The largest absolute Gasteiger partial charge is 0.0991 e. The fourth-order valence-electron chi connectivity index (χ4n) is 1.47. The molecule has 0 spiro atoms. The van der Waals surface area contributed by atoms with Gasteiger partial charge in [0, 0.05) is 0 Å². The lowest BCUT2D eigenvalue weighted by Gasteiger charge is -1.94. The van der Waals surface area contributed by atoms with Crippen molar-refractivity contribution >= 4 is 11.6 Å². The molecule has 0 atom stereocenters. The first-order valence-corrected chi connectivity index (χ1v) is 6.29. The Morgan fingerprint density at radius 2 is 1.42 bits per heavy atom. The van der Waals surface area contributed by atoms with Gasteiger partial charge >= 0.3 is 0 Å². The van der Waals surface area contributed by atoms with Crippen LogP contribution in [0.4, 0.5) is 0 Å². The van der Waals surface area contributed by atoms with Crippen LogP contribution in [0, 0.1) is 0 Å². The molecule has 0 unspecified atom stereocenters. The standard InChI is InChI=1S/C10H10.C9H10/c1-2-3-7-10-8-5-4-6-9-10;1-8(2)9-6-4-3-5-7-9/h2-9H,1H2;3-7H,1H2,2H3. The third-order valence-electron chi connectivity index (χ3n) is 2.49. The van der Waals surface area contributed by atoms with E-state index in [9.17, 15) is 0 Å². The van der Waals surface area contributed by atoms with Gasteiger partial charge in [0.2, 0.25) is 0 Å². The minimum atomic E-state index is 1.12. The molecule has 19 heavy (non-hydrogen) atoms. The van der Waals surface area contributed by atoms with Crippen LogP contribution in [0.25, 0.3) is 11.6 Å². The molecule has 0 aliphatic heterocycles. The van der Waals surface area contributed by atoms with Crippen molar-refractivity contribution in [1.82, 2.24) is 0 Å². The summed E-state index contributed by atoms with van der Waals surface area (Å²) in [5.41, 5.74) is 3.55. The van der Waals surface area contributed by atoms with E-state index >= 15 is 0 Å². The lowest BCUT2D eigenvalue weighted by Crippen LogP contribution is -1.72. The van der Waals surface area contributed by atoms with E-state index in [1.54, 1.807) is 6.08 Å². The number of hydrogen-bond acceptors (Lipinski definition) is 0. The molecule has 0 saturated heterocycles. The highest BCUT2D eigenvalue weighted by molar-refractivity contribution is 5.60. The summed E-state index contributed by atoms with van der Waals surface area (Å²) in [7, 11) is 0. The van der Waals surface area contributed by atoms with Crippen molar-refractivity contribution in [1.29, 1.82) is 0 Å². The second-order valence-electron chi connectivity index (χ2n) is 4.15. The van der Waals surface area contributed by atoms with Crippen LogP contribution in [0.1, 0.15) is 18.1 Å². The normalized spacial score (nSPS) is 9.53. The monoisotopic (exact) mass is 248 g/mol. The summed E-state index contributed by atoms with van der Waals surface area (Å²) < 4.78 is 0. The zero-order valence-corrected chi connectivity index (χ0v) is 11.4. The average molecular weight is 248 g/mol. The first-order chi connectivity index (χ1) is 9.24. The van der Waals surface area contributed by atoms with Crippen LogP contribution in [-0.4, -0.2) is 0 Å². The summed E-state index contributed by atoms with van der Waals surface area (Å²) in [5.74, 6) is 0. The zero-order chi connectivity index (χ0) is 13.9. The molecule has 0 N–H and O–H groups in total. The maximum absolute atomic E-state index is 3.83. The van der Waals surface area contributed by atoms with Gasteiger partial charge in [-0.05, 0) is 18.1 Å². The minimum Gasteiger partial charge on any atom is -0.0991 e. The number of benzene rings is 2. The fourth-order valence-corrected chi connectivity index (χ4v) is 1.47. The van der Waals surface area contributed by atoms with E-state index in [1.807, 2.05) is 55.5 Å². The lowest BCUT2D eigenvalue weighted by atomic mass is 10.1. The zero-order valence-electron chi connectivity index (χ0n) is 11.4. The van der Waals surface area contributed by atoms with E-state index in [0.717, 1.165) is 5.57 Å². The van der Waals surface area contributed by atoms with Crippen molar-refractivity contribution in [3.63, 3.8) is 0 Å². The Hall–Kier alpha value is -2.34. The van der Waals surface area contributed by atoms with Gasteiger partial charge in [0.05, 0.1) is 0 Å². The summed E-state index contributed by atoms with van der Waals surface area (Å²) in [6, 6.07) is 20.3. The predicted molar refractivity (Wildman–Crippen MR) is 86.8 cm³/mol. The maximum Gasteiger partial charge on any atom is -0.0233 e. The SMILES string of the molecule is C=C(C)c1ccccc1.C=CC=Cc1ccccc1. The van der Waals surface area contributed by atoms with Crippen LogP contribution in [0.2, 0.25) is 0 Å². The predicted octanol–water partition coefficient (Wildman–Crippen LogP) is 5.61. The Balaban J connectivity index is 0.000000191. The van der Waals surface area contributed by atoms with E-state index in [4.69, 9.17) is 0 Å². The quantitative estimate of drug-likeness (QED) is 0.620. The van der Waals surface area contributed by atoms with E-state index in [0.29, 0.717) is 0 Å². The molecule has 0 radical (unpaired) electrons. The first-order valence-electron chi connectivity index (χ1n) is 6.29.